The monoisotopic (exact) mass is 199 g/mol. The van der Waals surface area contributed by atoms with Crippen LogP contribution in [0.25, 0.3) is 0 Å². The summed E-state index contributed by atoms with van der Waals surface area (Å²) in [4.78, 5) is 15.8. The molecule has 1 amide bonds. The molecule has 0 spiro atoms. The highest BCUT2D eigenvalue weighted by Crippen LogP contribution is 1.95. The zero-order chi connectivity index (χ0) is 10.4. The molecular formula is C10H21N3O. The Labute approximate surface area is 86.2 Å². The van der Waals surface area contributed by atoms with Gasteiger partial charge in [0, 0.05) is 26.2 Å². The van der Waals surface area contributed by atoms with Gasteiger partial charge in [-0.05, 0) is 20.0 Å². The molecule has 0 aromatic carbocycles. The van der Waals surface area contributed by atoms with Gasteiger partial charge in [-0.1, -0.05) is 6.92 Å². The third kappa shape index (κ3) is 3.64. The highest BCUT2D eigenvalue weighted by atomic mass is 16.2. The molecule has 1 heterocycles. The second-order valence-corrected chi connectivity index (χ2v) is 3.87. The molecule has 1 aliphatic heterocycles. The summed E-state index contributed by atoms with van der Waals surface area (Å²) < 4.78 is 0. The second-order valence-electron chi connectivity index (χ2n) is 3.87. The largest absolute Gasteiger partial charge is 0.339 e. The summed E-state index contributed by atoms with van der Waals surface area (Å²) in [5.41, 5.74) is 0. The van der Waals surface area contributed by atoms with Gasteiger partial charge in [0.15, 0.2) is 0 Å². The molecule has 1 N–H and O–H groups in total. The van der Waals surface area contributed by atoms with Gasteiger partial charge in [-0.25, -0.2) is 0 Å². The predicted octanol–water partition coefficient (Wildman–Crippen LogP) is -0.240. The molecule has 0 aliphatic carbocycles. The van der Waals surface area contributed by atoms with E-state index in [1.807, 2.05) is 11.9 Å². The third-order valence-electron chi connectivity index (χ3n) is 2.48. The normalized spacial score (nSPS) is 17.5. The number of carbonyl (C=O) groups excluding carboxylic acids is 1. The van der Waals surface area contributed by atoms with Gasteiger partial charge in [-0.3, -0.25) is 9.69 Å². The number of amides is 1. The molecule has 1 saturated heterocycles. The fraction of sp³-hybridized carbons (Fsp3) is 0.900. The molecule has 82 valence electrons. The summed E-state index contributed by atoms with van der Waals surface area (Å²) in [6, 6.07) is 0. The summed E-state index contributed by atoms with van der Waals surface area (Å²) in [6.07, 6.45) is 1.10. The molecule has 0 unspecified atom stereocenters. The average molecular weight is 199 g/mol. The number of piperazine rings is 1. The van der Waals surface area contributed by atoms with E-state index >= 15 is 0 Å². The molecule has 0 radical (unpaired) electrons. The maximum absolute atomic E-state index is 11.7. The summed E-state index contributed by atoms with van der Waals surface area (Å²) in [5.74, 6) is 0.266. The Balaban J connectivity index is 2.25. The molecule has 4 nitrogen and oxygen atoms in total. The van der Waals surface area contributed by atoms with Crippen molar-refractivity contribution >= 4 is 5.91 Å². The minimum absolute atomic E-state index is 0.266. The van der Waals surface area contributed by atoms with Crippen molar-refractivity contribution in [2.24, 2.45) is 0 Å². The van der Waals surface area contributed by atoms with Crippen LogP contribution in [0.15, 0.2) is 0 Å². The summed E-state index contributed by atoms with van der Waals surface area (Å²) >= 11 is 0. The van der Waals surface area contributed by atoms with Crippen LogP contribution in [0, 0.1) is 0 Å². The van der Waals surface area contributed by atoms with Crippen LogP contribution in [0.3, 0.4) is 0 Å². The summed E-state index contributed by atoms with van der Waals surface area (Å²) in [6.45, 7) is 7.28. The molecular weight excluding hydrogens is 178 g/mol. The van der Waals surface area contributed by atoms with Crippen molar-refractivity contribution < 1.29 is 4.79 Å². The molecule has 0 bridgehead atoms. The van der Waals surface area contributed by atoms with E-state index in [0.29, 0.717) is 6.54 Å². The van der Waals surface area contributed by atoms with E-state index in [9.17, 15) is 4.79 Å². The molecule has 0 atom stereocenters. The first-order valence-electron chi connectivity index (χ1n) is 5.41. The van der Waals surface area contributed by atoms with Gasteiger partial charge in [0.1, 0.15) is 0 Å². The van der Waals surface area contributed by atoms with Crippen LogP contribution in [-0.4, -0.2) is 62.0 Å². The minimum Gasteiger partial charge on any atom is -0.339 e. The Morgan fingerprint density at radius 1 is 1.43 bits per heavy atom. The molecule has 0 aromatic heterocycles. The van der Waals surface area contributed by atoms with Crippen molar-refractivity contribution in [1.29, 1.82) is 0 Å². The van der Waals surface area contributed by atoms with E-state index in [0.717, 1.165) is 39.1 Å². The maximum Gasteiger partial charge on any atom is 0.236 e. The van der Waals surface area contributed by atoms with Crippen molar-refractivity contribution in [1.82, 2.24) is 15.1 Å². The maximum atomic E-state index is 11.7. The number of hydrogen-bond donors (Lipinski definition) is 1. The number of nitrogens with one attached hydrogen (secondary N) is 1. The zero-order valence-electron chi connectivity index (χ0n) is 9.25. The molecule has 1 rings (SSSR count). The lowest BCUT2D eigenvalue weighted by Crippen LogP contribution is -2.49. The summed E-state index contributed by atoms with van der Waals surface area (Å²) in [7, 11) is 2.00. The number of rotatable bonds is 4. The van der Waals surface area contributed by atoms with Gasteiger partial charge < -0.3 is 10.2 Å². The molecule has 14 heavy (non-hydrogen) atoms. The number of hydrogen-bond acceptors (Lipinski definition) is 3. The van der Waals surface area contributed by atoms with Gasteiger partial charge in [0.25, 0.3) is 0 Å². The van der Waals surface area contributed by atoms with Gasteiger partial charge in [-0.15, -0.1) is 0 Å². The third-order valence-corrected chi connectivity index (χ3v) is 2.48. The van der Waals surface area contributed by atoms with E-state index in [1.54, 1.807) is 0 Å². The van der Waals surface area contributed by atoms with E-state index in [1.165, 1.54) is 0 Å². The van der Waals surface area contributed by atoms with E-state index in [4.69, 9.17) is 0 Å². The summed E-state index contributed by atoms with van der Waals surface area (Å²) in [5, 5.41) is 3.24. The average Bonchev–Trinajstić information content (AvgIpc) is 2.19. The van der Waals surface area contributed by atoms with Gasteiger partial charge in [-0.2, -0.15) is 0 Å². The van der Waals surface area contributed by atoms with E-state index in [-0.39, 0.29) is 5.91 Å². The van der Waals surface area contributed by atoms with Crippen LogP contribution in [0.4, 0.5) is 0 Å². The first-order valence-corrected chi connectivity index (χ1v) is 5.41. The highest BCUT2D eigenvalue weighted by molar-refractivity contribution is 5.78. The Bertz CT molecular complexity index is 178. The van der Waals surface area contributed by atoms with E-state index < -0.39 is 0 Å². The SMILES string of the molecule is CCCN(C)CC(=O)N1CCNCC1. The smallest absolute Gasteiger partial charge is 0.236 e. The quantitative estimate of drug-likeness (QED) is 0.679. The highest BCUT2D eigenvalue weighted by Gasteiger charge is 2.16. The van der Waals surface area contributed by atoms with Crippen molar-refractivity contribution in [3.05, 3.63) is 0 Å². The fourth-order valence-corrected chi connectivity index (χ4v) is 1.71. The Morgan fingerprint density at radius 3 is 2.64 bits per heavy atom. The van der Waals surface area contributed by atoms with Crippen LogP contribution in [0.2, 0.25) is 0 Å². The van der Waals surface area contributed by atoms with Crippen molar-refractivity contribution in [2.75, 3.05) is 46.3 Å². The van der Waals surface area contributed by atoms with Crippen molar-refractivity contribution in [3.8, 4) is 0 Å². The lowest BCUT2D eigenvalue weighted by atomic mass is 10.3. The molecule has 0 saturated carbocycles. The van der Waals surface area contributed by atoms with Crippen LogP contribution >= 0.6 is 0 Å². The number of likely N-dealkylation sites (N-methyl/N-ethyl adjacent to an activating group) is 1. The van der Waals surface area contributed by atoms with Crippen LogP contribution in [0.1, 0.15) is 13.3 Å². The van der Waals surface area contributed by atoms with Gasteiger partial charge in [0.05, 0.1) is 6.54 Å². The zero-order valence-corrected chi connectivity index (χ0v) is 9.25. The molecule has 1 aliphatic rings. The Morgan fingerprint density at radius 2 is 2.07 bits per heavy atom. The Hall–Kier alpha value is -0.610. The van der Waals surface area contributed by atoms with Crippen LogP contribution in [0.5, 0.6) is 0 Å². The topological polar surface area (TPSA) is 35.6 Å². The van der Waals surface area contributed by atoms with Crippen LogP contribution < -0.4 is 5.32 Å². The Kier molecular flexibility index (Phi) is 4.90. The van der Waals surface area contributed by atoms with Gasteiger partial charge in [0.2, 0.25) is 5.91 Å². The minimum atomic E-state index is 0.266. The van der Waals surface area contributed by atoms with Crippen molar-refractivity contribution in [2.45, 2.75) is 13.3 Å². The van der Waals surface area contributed by atoms with Crippen molar-refractivity contribution in [3.63, 3.8) is 0 Å². The van der Waals surface area contributed by atoms with Crippen LogP contribution in [-0.2, 0) is 4.79 Å². The second kappa shape index (κ2) is 5.98. The molecule has 4 heteroatoms. The standard InChI is InChI=1S/C10H21N3O/c1-3-6-12(2)9-10(14)13-7-4-11-5-8-13/h11H,3-9H2,1-2H3. The number of carbonyl (C=O) groups is 1. The lowest BCUT2D eigenvalue weighted by Gasteiger charge is -2.29. The molecule has 0 aromatic rings. The molecule has 1 fully saturated rings. The van der Waals surface area contributed by atoms with E-state index in [2.05, 4.69) is 17.1 Å². The lowest BCUT2D eigenvalue weighted by molar-refractivity contribution is -0.132. The predicted molar refractivity (Wildman–Crippen MR) is 57.2 cm³/mol. The van der Waals surface area contributed by atoms with Gasteiger partial charge >= 0.3 is 0 Å². The number of nitrogens with zero attached hydrogens (tertiary/aromatic N) is 2. The first kappa shape index (κ1) is 11.5. The first-order chi connectivity index (χ1) is 6.74. The fourth-order valence-electron chi connectivity index (χ4n) is 1.71.